The smallest absolute Gasteiger partial charge is 0.240 e. The van der Waals surface area contributed by atoms with Crippen molar-refractivity contribution in [1.29, 1.82) is 0 Å². The van der Waals surface area contributed by atoms with Crippen LogP contribution in [0.4, 0.5) is 0 Å². The minimum absolute atomic E-state index is 0.00275. The lowest BCUT2D eigenvalue weighted by atomic mass is 10.0. The number of sulfonamides is 1. The van der Waals surface area contributed by atoms with Gasteiger partial charge in [-0.1, -0.05) is 56.3 Å². The molecule has 0 aliphatic rings. The van der Waals surface area contributed by atoms with Crippen molar-refractivity contribution in [3.8, 4) is 0 Å². The molecule has 0 heterocycles. The van der Waals surface area contributed by atoms with Gasteiger partial charge in [0, 0.05) is 17.5 Å². The van der Waals surface area contributed by atoms with Crippen LogP contribution in [0, 0.1) is 5.92 Å². The third-order valence-electron chi connectivity index (χ3n) is 4.49. The van der Waals surface area contributed by atoms with Crippen molar-refractivity contribution in [3.05, 3.63) is 65.7 Å². The summed E-state index contributed by atoms with van der Waals surface area (Å²) in [5.74, 6) is -0.130. The zero-order chi connectivity index (χ0) is 20.2. The summed E-state index contributed by atoms with van der Waals surface area (Å²) in [6.45, 7) is 5.49. The number of carbonyl (C=O) groups excluding carboxylic acids is 1. The third-order valence-corrected chi connectivity index (χ3v) is 6.06. The van der Waals surface area contributed by atoms with Crippen molar-refractivity contribution in [3.63, 3.8) is 0 Å². The standard InChI is InChI=1S/C21H28N2O3S/c1-15(2)21(24)18-11-13-19(14-12-18)27(25,26)22-16(3)20(23(4)5)17-9-7-6-8-10-17/h6-16,20,22H,1-5H3/t16-,20-/m1/s1. The molecule has 0 spiro atoms. The van der Waals surface area contributed by atoms with Gasteiger partial charge in [0.2, 0.25) is 10.0 Å². The number of benzene rings is 2. The number of Topliss-reactive ketones (excluding diaryl/α,β-unsaturated/α-hetero) is 1. The fourth-order valence-electron chi connectivity index (χ4n) is 3.19. The lowest BCUT2D eigenvalue weighted by Gasteiger charge is -2.31. The molecule has 146 valence electrons. The Morgan fingerprint density at radius 2 is 1.48 bits per heavy atom. The summed E-state index contributed by atoms with van der Waals surface area (Å²) >= 11 is 0. The SMILES string of the molecule is CC(C)C(=O)c1ccc(S(=O)(=O)N[C@H](C)[C@H](c2ccccc2)N(C)C)cc1. The molecule has 0 saturated carbocycles. The molecule has 0 aliphatic heterocycles. The second-order valence-electron chi connectivity index (χ2n) is 7.27. The molecular weight excluding hydrogens is 360 g/mol. The van der Waals surface area contributed by atoms with Crippen molar-refractivity contribution in [2.24, 2.45) is 5.92 Å². The zero-order valence-corrected chi connectivity index (χ0v) is 17.3. The van der Waals surface area contributed by atoms with Crippen molar-refractivity contribution in [1.82, 2.24) is 9.62 Å². The molecule has 0 radical (unpaired) electrons. The maximum absolute atomic E-state index is 12.8. The van der Waals surface area contributed by atoms with Crippen LogP contribution in [0.5, 0.6) is 0 Å². The first-order valence-electron chi connectivity index (χ1n) is 9.01. The molecule has 1 N–H and O–H groups in total. The minimum Gasteiger partial charge on any atom is -0.301 e. The molecular formula is C21H28N2O3S. The summed E-state index contributed by atoms with van der Waals surface area (Å²) in [6.07, 6.45) is 0. The highest BCUT2D eigenvalue weighted by molar-refractivity contribution is 7.89. The number of likely N-dealkylation sites (N-methyl/N-ethyl adjacent to an activating group) is 1. The highest BCUT2D eigenvalue weighted by atomic mass is 32.2. The minimum atomic E-state index is -3.70. The number of ketones is 1. The molecule has 0 unspecified atom stereocenters. The first kappa shape index (κ1) is 21.3. The van der Waals surface area contributed by atoms with Gasteiger partial charge < -0.3 is 4.90 Å². The summed E-state index contributed by atoms with van der Waals surface area (Å²) in [4.78, 5) is 14.2. The molecule has 2 aromatic carbocycles. The van der Waals surface area contributed by atoms with E-state index in [2.05, 4.69) is 4.72 Å². The first-order valence-corrected chi connectivity index (χ1v) is 10.5. The zero-order valence-electron chi connectivity index (χ0n) is 16.5. The van der Waals surface area contributed by atoms with Gasteiger partial charge in [-0.3, -0.25) is 4.79 Å². The Balaban J connectivity index is 2.22. The molecule has 2 aromatic rings. The van der Waals surface area contributed by atoms with Gasteiger partial charge >= 0.3 is 0 Å². The number of carbonyl (C=O) groups is 1. The van der Waals surface area contributed by atoms with E-state index in [1.54, 1.807) is 12.1 Å². The van der Waals surface area contributed by atoms with Crippen LogP contribution in [0.25, 0.3) is 0 Å². The fourth-order valence-corrected chi connectivity index (χ4v) is 4.44. The van der Waals surface area contributed by atoms with Gasteiger partial charge in [0.1, 0.15) is 0 Å². The lowest BCUT2D eigenvalue weighted by Crippen LogP contribution is -2.42. The Kier molecular flexibility index (Phi) is 6.92. The average Bonchev–Trinajstić information content (AvgIpc) is 2.61. The van der Waals surface area contributed by atoms with Crippen LogP contribution in [0.15, 0.2) is 59.5 Å². The monoisotopic (exact) mass is 388 g/mol. The van der Waals surface area contributed by atoms with E-state index < -0.39 is 10.0 Å². The number of rotatable bonds is 8. The summed E-state index contributed by atoms with van der Waals surface area (Å²) in [6, 6.07) is 15.5. The quantitative estimate of drug-likeness (QED) is 0.703. The molecule has 2 rings (SSSR count). The van der Waals surface area contributed by atoms with Gasteiger partial charge in [-0.05, 0) is 38.7 Å². The van der Waals surface area contributed by atoms with E-state index in [0.29, 0.717) is 5.56 Å². The molecule has 0 fully saturated rings. The molecule has 27 heavy (non-hydrogen) atoms. The highest BCUT2D eigenvalue weighted by Crippen LogP contribution is 2.23. The molecule has 0 aliphatic carbocycles. The first-order chi connectivity index (χ1) is 12.6. The molecule has 5 nitrogen and oxygen atoms in total. The normalized spacial score (nSPS) is 14.3. The number of hydrogen-bond acceptors (Lipinski definition) is 4. The summed E-state index contributed by atoms with van der Waals surface area (Å²) in [5.41, 5.74) is 1.56. The number of nitrogens with one attached hydrogen (secondary N) is 1. The number of hydrogen-bond donors (Lipinski definition) is 1. The van der Waals surface area contributed by atoms with Crippen LogP contribution in [-0.2, 0) is 10.0 Å². The summed E-state index contributed by atoms with van der Waals surface area (Å²) in [5, 5.41) is 0. The summed E-state index contributed by atoms with van der Waals surface area (Å²) < 4.78 is 28.4. The topological polar surface area (TPSA) is 66.5 Å². The van der Waals surface area contributed by atoms with Crippen molar-refractivity contribution < 1.29 is 13.2 Å². The Labute approximate surface area is 162 Å². The lowest BCUT2D eigenvalue weighted by molar-refractivity contribution is 0.0939. The maximum atomic E-state index is 12.8. The average molecular weight is 389 g/mol. The van der Waals surface area contributed by atoms with Crippen molar-refractivity contribution in [2.45, 2.75) is 37.8 Å². The van der Waals surface area contributed by atoms with Gasteiger partial charge in [-0.15, -0.1) is 0 Å². The molecule has 0 aromatic heterocycles. The van der Waals surface area contributed by atoms with Gasteiger partial charge in [0.05, 0.1) is 10.9 Å². The molecule has 6 heteroatoms. The third kappa shape index (κ3) is 5.25. The van der Waals surface area contributed by atoms with E-state index in [1.807, 2.05) is 70.1 Å². The van der Waals surface area contributed by atoms with Crippen LogP contribution in [0.3, 0.4) is 0 Å². The second-order valence-corrected chi connectivity index (χ2v) is 8.99. The van der Waals surface area contributed by atoms with E-state index in [9.17, 15) is 13.2 Å². The van der Waals surface area contributed by atoms with Gasteiger partial charge in [-0.25, -0.2) is 13.1 Å². The molecule has 0 amide bonds. The predicted molar refractivity (Wildman–Crippen MR) is 108 cm³/mol. The van der Waals surface area contributed by atoms with Crippen LogP contribution in [0.2, 0.25) is 0 Å². The fraction of sp³-hybridized carbons (Fsp3) is 0.381. The largest absolute Gasteiger partial charge is 0.301 e. The Morgan fingerprint density at radius 1 is 0.926 bits per heavy atom. The van der Waals surface area contributed by atoms with Crippen LogP contribution in [0.1, 0.15) is 42.7 Å². The Morgan fingerprint density at radius 3 is 1.96 bits per heavy atom. The van der Waals surface area contributed by atoms with E-state index in [0.717, 1.165) is 5.56 Å². The van der Waals surface area contributed by atoms with Gasteiger partial charge in [0.25, 0.3) is 0 Å². The van der Waals surface area contributed by atoms with E-state index in [1.165, 1.54) is 12.1 Å². The Hall–Kier alpha value is -2.02. The van der Waals surface area contributed by atoms with E-state index >= 15 is 0 Å². The maximum Gasteiger partial charge on any atom is 0.240 e. The molecule has 2 atom stereocenters. The van der Waals surface area contributed by atoms with Crippen molar-refractivity contribution in [2.75, 3.05) is 14.1 Å². The number of nitrogens with zero attached hydrogens (tertiary/aromatic N) is 1. The summed E-state index contributed by atoms with van der Waals surface area (Å²) in [7, 11) is 0.154. The van der Waals surface area contributed by atoms with Crippen LogP contribution in [-0.4, -0.2) is 39.2 Å². The predicted octanol–water partition coefficient (Wildman–Crippen LogP) is 3.50. The molecule has 0 bridgehead atoms. The van der Waals surface area contributed by atoms with E-state index in [-0.39, 0.29) is 28.7 Å². The van der Waals surface area contributed by atoms with Gasteiger partial charge in [-0.2, -0.15) is 0 Å². The highest BCUT2D eigenvalue weighted by Gasteiger charge is 2.26. The molecule has 0 saturated heterocycles. The van der Waals surface area contributed by atoms with Crippen LogP contribution >= 0.6 is 0 Å². The van der Waals surface area contributed by atoms with Crippen LogP contribution < -0.4 is 4.72 Å². The van der Waals surface area contributed by atoms with Crippen molar-refractivity contribution >= 4 is 15.8 Å². The van der Waals surface area contributed by atoms with E-state index in [4.69, 9.17) is 0 Å². The van der Waals surface area contributed by atoms with Gasteiger partial charge in [0.15, 0.2) is 5.78 Å². The second kappa shape index (κ2) is 8.78. The Bertz CT molecular complexity index is 860.